The molecule has 0 spiro atoms. The molecule has 7 heteroatoms. The van der Waals surface area contributed by atoms with Crippen LogP contribution in [0, 0.1) is 0 Å². The summed E-state index contributed by atoms with van der Waals surface area (Å²) in [6, 6.07) is 4.92. The van der Waals surface area contributed by atoms with E-state index < -0.39 is 0 Å². The zero-order chi connectivity index (χ0) is 13.8. The molecule has 0 bridgehead atoms. The highest BCUT2D eigenvalue weighted by Crippen LogP contribution is 2.26. The fraction of sp³-hybridized carbons (Fsp3) is 0.0833. The second-order valence-corrected chi connectivity index (χ2v) is 4.50. The normalized spacial score (nSPS) is 10.0. The first kappa shape index (κ1) is 13.3. The molecule has 1 aromatic carbocycles. The van der Waals surface area contributed by atoms with Crippen molar-refractivity contribution in [3.63, 3.8) is 0 Å². The molecule has 2 aromatic rings. The smallest absolute Gasteiger partial charge is 0.308 e. The minimum Gasteiger partial charge on any atom is -0.427 e. The van der Waals surface area contributed by atoms with Gasteiger partial charge in [-0.3, -0.25) is 4.79 Å². The lowest BCUT2D eigenvalue weighted by atomic mass is 10.2. The van der Waals surface area contributed by atoms with Crippen LogP contribution in [0.5, 0.6) is 5.75 Å². The van der Waals surface area contributed by atoms with Gasteiger partial charge in [0, 0.05) is 13.0 Å². The topological polar surface area (TPSA) is 90.1 Å². The van der Waals surface area contributed by atoms with Crippen LogP contribution in [0.15, 0.2) is 35.2 Å². The SMILES string of the molecule is CC(=O)Oc1ccc(Nc2cnc(Br)cn2)c(N)c1. The van der Waals surface area contributed by atoms with Gasteiger partial charge in [-0.1, -0.05) is 0 Å². The molecular formula is C12H11BrN4O2. The number of hydrogen-bond acceptors (Lipinski definition) is 6. The number of carbonyl (C=O) groups is 1. The van der Waals surface area contributed by atoms with E-state index in [1.54, 1.807) is 30.6 Å². The summed E-state index contributed by atoms with van der Waals surface area (Å²) in [7, 11) is 0. The molecule has 3 N–H and O–H groups in total. The first-order valence-corrected chi connectivity index (χ1v) is 6.16. The van der Waals surface area contributed by atoms with E-state index in [1.807, 2.05) is 0 Å². The lowest BCUT2D eigenvalue weighted by Crippen LogP contribution is -2.03. The van der Waals surface area contributed by atoms with Crippen molar-refractivity contribution in [1.29, 1.82) is 0 Å². The second-order valence-electron chi connectivity index (χ2n) is 3.69. The first-order chi connectivity index (χ1) is 9.04. The van der Waals surface area contributed by atoms with Crippen LogP contribution >= 0.6 is 15.9 Å². The Morgan fingerprint density at radius 2 is 2.16 bits per heavy atom. The van der Waals surface area contributed by atoms with Crippen molar-refractivity contribution in [1.82, 2.24) is 9.97 Å². The van der Waals surface area contributed by atoms with Gasteiger partial charge < -0.3 is 15.8 Å². The van der Waals surface area contributed by atoms with E-state index in [2.05, 4.69) is 31.2 Å². The fourth-order valence-corrected chi connectivity index (χ4v) is 1.60. The summed E-state index contributed by atoms with van der Waals surface area (Å²) in [4.78, 5) is 19.0. The summed E-state index contributed by atoms with van der Waals surface area (Å²) in [5, 5.41) is 3.02. The Labute approximate surface area is 118 Å². The Kier molecular flexibility index (Phi) is 3.96. The zero-order valence-electron chi connectivity index (χ0n) is 10.1. The maximum absolute atomic E-state index is 10.8. The van der Waals surface area contributed by atoms with E-state index in [9.17, 15) is 4.79 Å². The number of benzene rings is 1. The van der Waals surface area contributed by atoms with Gasteiger partial charge in [0.05, 0.1) is 23.8 Å². The fourth-order valence-electron chi connectivity index (χ4n) is 1.40. The standard InChI is InChI=1S/C12H11BrN4O2/c1-7(18)19-8-2-3-10(9(14)4-8)17-12-6-15-11(13)5-16-12/h2-6H,14H2,1H3,(H,16,17). The van der Waals surface area contributed by atoms with Gasteiger partial charge in [-0.25, -0.2) is 9.97 Å². The molecule has 6 nitrogen and oxygen atoms in total. The third kappa shape index (κ3) is 3.65. The van der Waals surface area contributed by atoms with E-state index in [-0.39, 0.29) is 5.97 Å². The maximum Gasteiger partial charge on any atom is 0.308 e. The number of esters is 1. The van der Waals surface area contributed by atoms with Crippen LogP contribution in [0.1, 0.15) is 6.92 Å². The quantitative estimate of drug-likeness (QED) is 0.512. The molecule has 0 saturated carbocycles. The highest BCUT2D eigenvalue weighted by atomic mass is 79.9. The molecule has 19 heavy (non-hydrogen) atoms. The van der Waals surface area contributed by atoms with E-state index in [0.29, 0.717) is 27.5 Å². The van der Waals surface area contributed by atoms with Crippen LogP contribution < -0.4 is 15.8 Å². The summed E-state index contributed by atoms with van der Waals surface area (Å²) in [6.45, 7) is 1.33. The molecule has 1 heterocycles. The number of hydrogen-bond donors (Lipinski definition) is 2. The number of rotatable bonds is 3. The number of nitrogens with zero attached hydrogens (tertiary/aromatic N) is 2. The van der Waals surface area contributed by atoms with Crippen molar-refractivity contribution < 1.29 is 9.53 Å². The number of nitrogens with one attached hydrogen (secondary N) is 1. The van der Waals surface area contributed by atoms with Gasteiger partial charge in [0.25, 0.3) is 0 Å². The van der Waals surface area contributed by atoms with Gasteiger partial charge in [-0.05, 0) is 28.1 Å². The largest absolute Gasteiger partial charge is 0.427 e. The monoisotopic (exact) mass is 322 g/mol. The van der Waals surface area contributed by atoms with Crippen LogP contribution in [0.2, 0.25) is 0 Å². The predicted molar refractivity (Wildman–Crippen MR) is 75.2 cm³/mol. The molecule has 0 saturated heterocycles. The van der Waals surface area contributed by atoms with Crippen LogP contribution in [0.4, 0.5) is 17.2 Å². The predicted octanol–water partition coefficient (Wildman–Crippen LogP) is 2.49. The number of ether oxygens (including phenoxy) is 1. The highest BCUT2D eigenvalue weighted by Gasteiger charge is 2.05. The molecular weight excluding hydrogens is 312 g/mol. The Morgan fingerprint density at radius 1 is 1.37 bits per heavy atom. The number of carbonyl (C=O) groups excluding carboxylic acids is 1. The summed E-state index contributed by atoms with van der Waals surface area (Å²) < 4.78 is 5.58. The molecule has 0 aliphatic heterocycles. The lowest BCUT2D eigenvalue weighted by molar-refractivity contribution is -0.131. The van der Waals surface area contributed by atoms with Crippen molar-refractivity contribution in [3.05, 3.63) is 35.2 Å². The van der Waals surface area contributed by atoms with Gasteiger partial charge in [0.1, 0.15) is 16.2 Å². The van der Waals surface area contributed by atoms with Gasteiger partial charge in [0.2, 0.25) is 0 Å². The summed E-state index contributed by atoms with van der Waals surface area (Å²) >= 11 is 3.20. The molecule has 0 radical (unpaired) electrons. The summed E-state index contributed by atoms with van der Waals surface area (Å²) in [5.41, 5.74) is 6.97. The van der Waals surface area contributed by atoms with E-state index >= 15 is 0 Å². The van der Waals surface area contributed by atoms with E-state index in [4.69, 9.17) is 10.5 Å². The molecule has 2 rings (SSSR count). The van der Waals surface area contributed by atoms with E-state index in [0.717, 1.165) is 0 Å². The van der Waals surface area contributed by atoms with Crippen LogP contribution in [0.25, 0.3) is 0 Å². The van der Waals surface area contributed by atoms with Gasteiger partial charge in [0.15, 0.2) is 0 Å². The number of aromatic nitrogens is 2. The number of halogens is 1. The Balaban J connectivity index is 2.17. The summed E-state index contributed by atoms with van der Waals surface area (Å²) in [6.07, 6.45) is 3.15. The highest BCUT2D eigenvalue weighted by molar-refractivity contribution is 9.10. The average Bonchev–Trinajstić information content (AvgIpc) is 2.34. The third-order valence-corrected chi connectivity index (χ3v) is 2.58. The second kappa shape index (κ2) is 5.66. The molecule has 0 unspecified atom stereocenters. The van der Waals surface area contributed by atoms with Gasteiger partial charge in [-0.2, -0.15) is 0 Å². The van der Waals surface area contributed by atoms with Crippen LogP contribution in [-0.2, 0) is 4.79 Å². The van der Waals surface area contributed by atoms with Crippen LogP contribution in [-0.4, -0.2) is 15.9 Å². The Hall–Kier alpha value is -2.15. The molecule has 0 aliphatic carbocycles. The Morgan fingerprint density at radius 3 is 2.74 bits per heavy atom. The molecule has 0 amide bonds. The molecule has 0 aliphatic rings. The third-order valence-electron chi connectivity index (χ3n) is 2.17. The molecule has 0 atom stereocenters. The average molecular weight is 323 g/mol. The van der Waals surface area contributed by atoms with Gasteiger partial charge >= 0.3 is 5.97 Å². The molecule has 98 valence electrons. The van der Waals surface area contributed by atoms with Crippen molar-refractivity contribution >= 4 is 39.1 Å². The Bertz CT molecular complexity index is 601. The lowest BCUT2D eigenvalue weighted by Gasteiger charge is -2.09. The van der Waals surface area contributed by atoms with E-state index in [1.165, 1.54) is 6.92 Å². The minimum absolute atomic E-state index is 0.390. The van der Waals surface area contributed by atoms with Gasteiger partial charge in [-0.15, -0.1) is 0 Å². The van der Waals surface area contributed by atoms with Crippen LogP contribution in [0.3, 0.4) is 0 Å². The number of nitrogens with two attached hydrogens (primary N) is 1. The molecule has 0 fully saturated rings. The number of nitrogen functional groups attached to an aromatic ring is 1. The minimum atomic E-state index is -0.390. The molecule has 1 aromatic heterocycles. The maximum atomic E-state index is 10.8. The zero-order valence-corrected chi connectivity index (χ0v) is 11.6. The van der Waals surface area contributed by atoms with Crippen molar-refractivity contribution in [2.45, 2.75) is 6.92 Å². The van der Waals surface area contributed by atoms with Crippen molar-refractivity contribution in [2.75, 3.05) is 11.1 Å². The van der Waals surface area contributed by atoms with Crippen molar-refractivity contribution in [3.8, 4) is 5.75 Å². The van der Waals surface area contributed by atoms with Crippen molar-refractivity contribution in [2.24, 2.45) is 0 Å². The number of anilines is 3. The summed E-state index contributed by atoms with van der Waals surface area (Å²) in [5.74, 6) is 0.575. The first-order valence-electron chi connectivity index (χ1n) is 5.37.